The normalized spacial score (nSPS) is 35.2. The van der Waals surface area contributed by atoms with Gasteiger partial charge in [0.1, 0.15) is 0 Å². The molecule has 1 aliphatic rings. The van der Waals surface area contributed by atoms with Crippen LogP contribution in [0.25, 0.3) is 0 Å². The van der Waals surface area contributed by atoms with Crippen LogP contribution in [0.1, 0.15) is 65.7 Å². The lowest BCUT2D eigenvalue weighted by atomic mass is 9.92. The van der Waals surface area contributed by atoms with Crippen LogP contribution in [0.5, 0.6) is 0 Å². The largest absolute Gasteiger partial charge is 0.0945 e. The van der Waals surface area contributed by atoms with Crippen LogP contribution in [0.3, 0.4) is 0 Å². The number of hydrogen-bond donors (Lipinski definition) is 0. The Bertz CT molecular complexity index is 151. The Labute approximate surface area is 120 Å². The van der Waals surface area contributed by atoms with Gasteiger partial charge in [-0.15, -0.1) is 0 Å². The van der Waals surface area contributed by atoms with Gasteiger partial charge in [-0.05, 0) is 36.7 Å². The number of rotatable bonds is 3. The Hall–Kier alpha value is 1.29. The van der Waals surface area contributed by atoms with Gasteiger partial charge in [0, 0.05) is 0 Å². The predicted octanol–water partition coefficient (Wildman–Crippen LogP) is 6.69. The van der Waals surface area contributed by atoms with Crippen LogP contribution in [-0.4, -0.2) is 18.5 Å². The zero-order chi connectivity index (χ0) is 13.2. The highest BCUT2D eigenvalue weighted by molar-refractivity contribution is 8.48. The third-order valence-corrected chi connectivity index (χ3v) is 15.2. The summed E-state index contributed by atoms with van der Waals surface area (Å²) in [5.74, 6) is 2.10. The van der Waals surface area contributed by atoms with Crippen LogP contribution in [0.4, 0.5) is 0 Å². The summed E-state index contributed by atoms with van der Waals surface area (Å²) in [7, 11) is 3.07. The molecule has 0 aromatic heterocycles. The minimum Gasteiger partial charge on any atom is -0.0945 e. The second kappa shape index (κ2) is 11.0. The maximum Gasteiger partial charge on any atom is -0.0285 e. The molecule has 5 unspecified atom stereocenters. The third-order valence-electron chi connectivity index (χ3n) is 4.43. The van der Waals surface area contributed by atoms with Gasteiger partial charge in [0.2, 0.25) is 0 Å². The monoisotopic (exact) mass is 306 g/mol. The molecule has 0 radical (unpaired) electrons. The highest BCUT2D eigenvalue weighted by atomic mass is 32.4. The fourth-order valence-electron chi connectivity index (χ4n) is 2.86. The molecule has 0 amide bonds. The molecule has 5 atom stereocenters. The Morgan fingerprint density at radius 1 is 0.944 bits per heavy atom. The SMILES string of the molecule is CCC1CCCC(CC)CPPP(CC)CCC1. The standard InChI is InChI=1S/C15H33P3/c1-4-14-9-7-10-15(5-2)13-16-17-18(6-3)12-8-11-14/h14-17H,4-13H2,1-3H3. The Morgan fingerprint density at radius 2 is 1.61 bits per heavy atom. The highest BCUT2D eigenvalue weighted by Crippen LogP contribution is 2.66. The van der Waals surface area contributed by atoms with E-state index in [1.165, 1.54) is 67.3 Å². The molecular formula is C15H33P3. The minimum atomic E-state index is 0.429. The first-order valence-corrected chi connectivity index (χ1v) is 13.8. The van der Waals surface area contributed by atoms with Crippen molar-refractivity contribution in [2.24, 2.45) is 11.8 Å². The predicted molar refractivity (Wildman–Crippen MR) is 94.5 cm³/mol. The molecule has 0 bridgehead atoms. The van der Waals surface area contributed by atoms with Crippen LogP contribution in [0.15, 0.2) is 0 Å². The molecule has 1 aliphatic heterocycles. The van der Waals surface area contributed by atoms with Crippen molar-refractivity contribution < 1.29 is 0 Å². The minimum absolute atomic E-state index is 0.429. The second-order valence-corrected chi connectivity index (χ2v) is 14.5. The van der Waals surface area contributed by atoms with E-state index < -0.39 is 0 Å². The van der Waals surface area contributed by atoms with Crippen molar-refractivity contribution in [3.63, 3.8) is 0 Å². The van der Waals surface area contributed by atoms with Crippen molar-refractivity contribution in [1.82, 2.24) is 0 Å². The molecule has 0 aromatic rings. The zero-order valence-electron chi connectivity index (χ0n) is 12.7. The molecule has 1 heterocycles. The summed E-state index contributed by atoms with van der Waals surface area (Å²) in [5, 5.41) is 0. The summed E-state index contributed by atoms with van der Waals surface area (Å²) in [6.45, 7) is 7.24. The summed E-state index contributed by atoms with van der Waals surface area (Å²) < 4.78 is 0. The van der Waals surface area contributed by atoms with Crippen molar-refractivity contribution >= 4 is 23.8 Å². The van der Waals surface area contributed by atoms with Crippen molar-refractivity contribution in [3.8, 4) is 0 Å². The summed E-state index contributed by atoms with van der Waals surface area (Å²) in [6, 6.07) is 0. The average molecular weight is 306 g/mol. The molecule has 1 rings (SSSR count). The van der Waals surface area contributed by atoms with Gasteiger partial charge >= 0.3 is 0 Å². The van der Waals surface area contributed by atoms with Crippen LogP contribution in [0.2, 0.25) is 0 Å². The van der Waals surface area contributed by atoms with Gasteiger partial charge < -0.3 is 0 Å². The summed E-state index contributed by atoms with van der Waals surface area (Å²) >= 11 is 0. The van der Waals surface area contributed by atoms with E-state index in [2.05, 4.69) is 20.8 Å². The van der Waals surface area contributed by atoms with Gasteiger partial charge in [-0.25, -0.2) is 0 Å². The van der Waals surface area contributed by atoms with Gasteiger partial charge in [-0.2, -0.15) is 0 Å². The molecule has 0 nitrogen and oxygen atoms in total. The van der Waals surface area contributed by atoms with Crippen LogP contribution < -0.4 is 0 Å². The molecule has 108 valence electrons. The Kier molecular flexibility index (Phi) is 10.6. The maximum absolute atomic E-state index is 2.43. The number of hydrogen-bond acceptors (Lipinski definition) is 0. The zero-order valence-corrected chi connectivity index (χ0v) is 15.6. The van der Waals surface area contributed by atoms with E-state index in [0.717, 1.165) is 11.8 Å². The molecule has 0 aliphatic carbocycles. The van der Waals surface area contributed by atoms with E-state index in [-0.39, 0.29) is 0 Å². The smallest absolute Gasteiger partial charge is 0.0285 e. The molecule has 3 heteroatoms. The third kappa shape index (κ3) is 7.17. The first-order valence-electron chi connectivity index (χ1n) is 8.03. The van der Waals surface area contributed by atoms with Crippen LogP contribution in [-0.2, 0) is 0 Å². The highest BCUT2D eigenvalue weighted by Gasteiger charge is 2.14. The van der Waals surface area contributed by atoms with Gasteiger partial charge in [0.05, 0.1) is 0 Å². The van der Waals surface area contributed by atoms with E-state index in [0.29, 0.717) is 7.61 Å². The maximum atomic E-state index is 2.43. The summed E-state index contributed by atoms with van der Waals surface area (Å²) in [5.41, 5.74) is 0. The molecule has 0 aromatic carbocycles. The summed E-state index contributed by atoms with van der Waals surface area (Å²) in [6.07, 6.45) is 15.1. The Morgan fingerprint density at radius 3 is 2.28 bits per heavy atom. The van der Waals surface area contributed by atoms with Gasteiger partial charge in [-0.1, -0.05) is 83.1 Å². The van der Waals surface area contributed by atoms with Crippen LogP contribution in [0, 0.1) is 11.8 Å². The first-order chi connectivity index (χ1) is 8.80. The lowest BCUT2D eigenvalue weighted by Crippen LogP contribution is -2.05. The Balaban J connectivity index is 2.44. The fourth-order valence-corrected chi connectivity index (χ4v) is 13.5. The molecule has 0 N–H and O–H groups in total. The second-order valence-electron chi connectivity index (χ2n) is 5.69. The van der Waals surface area contributed by atoms with E-state index in [9.17, 15) is 0 Å². The van der Waals surface area contributed by atoms with Crippen molar-refractivity contribution in [1.29, 1.82) is 0 Å². The lowest BCUT2D eigenvalue weighted by Gasteiger charge is -2.23. The first kappa shape index (κ1) is 17.3. The van der Waals surface area contributed by atoms with Crippen molar-refractivity contribution in [2.75, 3.05) is 18.5 Å². The fraction of sp³-hybridized carbons (Fsp3) is 1.00. The van der Waals surface area contributed by atoms with Crippen LogP contribution >= 0.6 is 23.8 Å². The van der Waals surface area contributed by atoms with E-state index in [1.54, 1.807) is 12.3 Å². The molecule has 0 saturated carbocycles. The van der Waals surface area contributed by atoms with Crippen molar-refractivity contribution in [3.05, 3.63) is 0 Å². The average Bonchev–Trinajstić information content (AvgIpc) is 2.39. The van der Waals surface area contributed by atoms with Gasteiger partial charge in [-0.3, -0.25) is 0 Å². The van der Waals surface area contributed by atoms with E-state index >= 15 is 0 Å². The molecular weight excluding hydrogens is 273 g/mol. The van der Waals surface area contributed by atoms with Gasteiger partial charge in [0.15, 0.2) is 0 Å². The molecule has 1 saturated heterocycles. The van der Waals surface area contributed by atoms with E-state index in [4.69, 9.17) is 0 Å². The molecule has 0 spiro atoms. The summed E-state index contributed by atoms with van der Waals surface area (Å²) in [4.78, 5) is 0. The molecule has 1 fully saturated rings. The lowest BCUT2D eigenvalue weighted by molar-refractivity contribution is 0.388. The van der Waals surface area contributed by atoms with E-state index in [1.807, 2.05) is 0 Å². The quantitative estimate of drug-likeness (QED) is 0.509. The van der Waals surface area contributed by atoms with Gasteiger partial charge in [0.25, 0.3) is 0 Å². The topological polar surface area (TPSA) is 0 Å². The van der Waals surface area contributed by atoms with Crippen molar-refractivity contribution in [2.45, 2.75) is 65.7 Å². The molecule has 18 heavy (non-hydrogen) atoms.